The number of carboxylic acids is 1. The summed E-state index contributed by atoms with van der Waals surface area (Å²) in [4.78, 5) is 15.7. The van der Waals surface area contributed by atoms with Crippen molar-refractivity contribution in [1.29, 1.82) is 0 Å². The largest absolute Gasteiger partial charge is 0.496 e. The van der Waals surface area contributed by atoms with Crippen LogP contribution in [0.15, 0.2) is 47.0 Å². The highest BCUT2D eigenvalue weighted by Crippen LogP contribution is 2.62. The average Bonchev–Trinajstić information content (AvgIpc) is 3.28. The normalized spacial score (nSPS) is 28.1. The molecule has 32 heavy (non-hydrogen) atoms. The second-order valence-electron chi connectivity index (χ2n) is 9.92. The van der Waals surface area contributed by atoms with Crippen LogP contribution in [0.3, 0.4) is 0 Å². The van der Waals surface area contributed by atoms with E-state index in [-0.39, 0.29) is 11.0 Å². The number of nitrogens with zero attached hydrogens (tertiary/aromatic N) is 2. The first-order valence-electron chi connectivity index (χ1n) is 11.4. The molecule has 2 aromatic carbocycles. The highest BCUT2D eigenvalue weighted by Gasteiger charge is 2.52. The standard InChI is InChI=1S/C26H26N2O4/c1-31-22-7-6-20(11-21(22)26-12-15-8-16(13-26)10-17(9-15)14-26)23-27-24(32-28-23)18-2-4-19(5-3-18)25(29)30/h2-7,11,15-17H,8-10,12-14H2,1H3,(H,29,30). The van der Waals surface area contributed by atoms with Gasteiger partial charge in [-0.2, -0.15) is 4.98 Å². The molecule has 4 aliphatic carbocycles. The van der Waals surface area contributed by atoms with Crippen LogP contribution in [0.2, 0.25) is 0 Å². The molecule has 0 spiro atoms. The maximum Gasteiger partial charge on any atom is 0.335 e. The molecule has 0 radical (unpaired) electrons. The van der Waals surface area contributed by atoms with E-state index in [0.29, 0.717) is 17.3 Å². The number of aromatic carboxylic acids is 1. The van der Waals surface area contributed by atoms with Gasteiger partial charge in [0.1, 0.15) is 5.75 Å². The molecule has 1 heterocycles. The topological polar surface area (TPSA) is 85.5 Å². The third kappa shape index (κ3) is 3.12. The summed E-state index contributed by atoms with van der Waals surface area (Å²) >= 11 is 0. The van der Waals surface area contributed by atoms with Crippen LogP contribution in [-0.2, 0) is 5.41 Å². The van der Waals surface area contributed by atoms with Crippen LogP contribution in [0.25, 0.3) is 22.8 Å². The molecule has 6 heteroatoms. The van der Waals surface area contributed by atoms with Crippen LogP contribution in [0.1, 0.15) is 54.4 Å². The average molecular weight is 431 g/mol. The minimum Gasteiger partial charge on any atom is -0.496 e. The molecule has 164 valence electrons. The quantitative estimate of drug-likeness (QED) is 0.569. The number of carbonyl (C=O) groups is 1. The van der Waals surface area contributed by atoms with Crippen molar-refractivity contribution in [3.8, 4) is 28.6 Å². The number of methoxy groups -OCH3 is 1. The van der Waals surface area contributed by atoms with E-state index in [2.05, 4.69) is 16.2 Å². The molecule has 4 fully saturated rings. The lowest BCUT2D eigenvalue weighted by molar-refractivity contribution is -0.00613. The lowest BCUT2D eigenvalue weighted by Gasteiger charge is -2.57. The minimum absolute atomic E-state index is 0.204. The Labute approximate surface area is 186 Å². The Morgan fingerprint density at radius 2 is 1.62 bits per heavy atom. The maximum absolute atomic E-state index is 11.1. The molecule has 4 bridgehead atoms. The molecule has 7 rings (SSSR count). The molecule has 0 atom stereocenters. The van der Waals surface area contributed by atoms with E-state index in [9.17, 15) is 4.79 Å². The van der Waals surface area contributed by atoms with E-state index in [0.717, 1.165) is 29.1 Å². The fourth-order valence-corrected chi connectivity index (χ4v) is 6.92. The zero-order chi connectivity index (χ0) is 21.9. The summed E-state index contributed by atoms with van der Waals surface area (Å²) in [6, 6.07) is 12.7. The Kier molecular flexibility index (Phi) is 4.39. The molecule has 6 nitrogen and oxygen atoms in total. The Morgan fingerprint density at radius 3 is 2.22 bits per heavy atom. The van der Waals surface area contributed by atoms with E-state index >= 15 is 0 Å². The third-order valence-corrected chi connectivity index (χ3v) is 7.87. The monoisotopic (exact) mass is 430 g/mol. The lowest BCUT2D eigenvalue weighted by atomic mass is 9.48. The Balaban J connectivity index is 1.35. The highest BCUT2D eigenvalue weighted by molar-refractivity contribution is 5.88. The second-order valence-corrected chi connectivity index (χ2v) is 9.92. The summed E-state index contributed by atoms with van der Waals surface area (Å²) in [5, 5.41) is 13.3. The van der Waals surface area contributed by atoms with Gasteiger partial charge in [-0.15, -0.1) is 0 Å². The molecule has 0 aliphatic heterocycles. The predicted molar refractivity (Wildman–Crippen MR) is 119 cm³/mol. The van der Waals surface area contributed by atoms with Gasteiger partial charge in [-0.3, -0.25) is 0 Å². The fourth-order valence-electron chi connectivity index (χ4n) is 6.92. The smallest absolute Gasteiger partial charge is 0.335 e. The zero-order valence-electron chi connectivity index (χ0n) is 18.1. The van der Waals surface area contributed by atoms with Crippen molar-refractivity contribution in [1.82, 2.24) is 10.1 Å². The number of ether oxygens (including phenoxy) is 1. The number of aromatic nitrogens is 2. The number of carboxylic acid groups (broad SMARTS) is 1. The Morgan fingerprint density at radius 1 is 1.00 bits per heavy atom. The predicted octanol–water partition coefficient (Wildman–Crippen LogP) is 5.58. The van der Waals surface area contributed by atoms with Gasteiger partial charge in [0.2, 0.25) is 5.82 Å². The number of hydrogen-bond acceptors (Lipinski definition) is 5. The lowest BCUT2D eigenvalue weighted by Crippen LogP contribution is -2.48. The molecule has 0 amide bonds. The van der Waals surface area contributed by atoms with Crippen molar-refractivity contribution in [2.45, 2.75) is 43.9 Å². The van der Waals surface area contributed by atoms with Crippen molar-refractivity contribution in [3.63, 3.8) is 0 Å². The van der Waals surface area contributed by atoms with E-state index in [4.69, 9.17) is 14.4 Å². The van der Waals surface area contributed by atoms with E-state index in [1.165, 1.54) is 44.1 Å². The van der Waals surface area contributed by atoms with Crippen molar-refractivity contribution >= 4 is 5.97 Å². The zero-order valence-corrected chi connectivity index (χ0v) is 18.1. The summed E-state index contributed by atoms with van der Waals surface area (Å²) in [6.45, 7) is 0. The molecule has 4 saturated carbocycles. The molecular weight excluding hydrogens is 404 g/mol. The van der Waals surface area contributed by atoms with E-state index in [1.807, 2.05) is 12.1 Å². The van der Waals surface area contributed by atoms with Crippen LogP contribution in [-0.4, -0.2) is 28.3 Å². The molecule has 4 aliphatic rings. The van der Waals surface area contributed by atoms with Crippen LogP contribution in [0, 0.1) is 17.8 Å². The summed E-state index contributed by atoms with van der Waals surface area (Å²) in [7, 11) is 1.76. The van der Waals surface area contributed by atoms with Crippen molar-refractivity contribution in [3.05, 3.63) is 53.6 Å². The van der Waals surface area contributed by atoms with Gasteiger partial charge in [0.15, 0.2) is 0 Å². The van der Waals surface area contributed by atoms with Gasteiger partial charge in [-0.25, -0.2) is 4.79 Å². The fraction of sp³-hybridized carbons (Fsp3) is 0.423. The van der Waals surface area contributed by atoms with Gasteiger partial charge < -0.3 is 14.4 Å². The van der Waals surface area contributed by atoms with Crippen molar-refractivity contribution in [2.75, 3.05) is 7.11 Å². The van der Waals surface area contributed by atoms with Gasteiger partial charge in [-0.05, 0) is 104 Å². The summed E-state index contributed by atoms with van der Waals surface area (Å²) in [6.07, 6.45) is 7.97. The summed E-state index contributed by atoms with van der Waals surface area (Å²) in [5.74, 6) is 3.46. The van der Waals surface area contributed by atoms with Gasteiger partial charge in [0, 0.05) is 16.7 Å². The third-order valence-electron chi connectivity index (χ3n) is 7.87. The molecule has 3 aromatic rings. The van der Waals surface area contributed by atoms with Gasteiger partial charge in [0.25, 0.3) is 5.89 Å². The van der Waals surface area contributed by atoms with Gasteiger partial charge in [-0.1, -0.05) is 5.16 Å². The molecule has 1 aromatic heterocycles. The highest BCUT2D eigenvalue weighted by atomic mass is 16.5. The first-order chi connectivity index (χ1) is 15.5. The van der Waals surface area contributed by atoms with E-state index < -0.39 is 5.97 Å². The van der Waals surface area contributed by atoms with Crippen LogP contribution in [0.5, 0.6) is 5.75 Å². The SMILES string of the molecule is COc1ccc(-c2noc(-c3ccc(C(=O)O)cc3)n2)cc1C12CC3CC(CC(C3)C1)C2. The molecule has 0 saturated heterocycles. The molecule has 0 unspecified atom stereocenters. The number of rotatable bonds is 5. The maximum atomic E-state index is 11.1. The van der Waals surface area contributed by atoms with Gasteiger partial charge >= 0.3 is 5.97 Å². The summed E-state index contributed by atoms with van der Waals surface area (Å²) < 4.78 is 11.3. The Hall–Kier alpha value is -3.15. The Bertz CT molecular complexity index is 1150. The van der Waals surface area contributed by atoms with Crippen molar-refractivity contribution in [2.24, 2.45) is 17.8 Å². The first-order valence-corrected chi connectivity index (χ1v) is 11.4. The van der Waals surface area contributed by atoms with Gasteiger partial charge in [0.05, 0.1) is 12.7 Å². The van der Waals surface area contributed by atoms with Crippen LogP contribution in [0.4, 0.5) is 0 Å². The second kappa shape index (κ2) is 7.19. The van der Waals surface area contributed by atoms with Crippen LogP contribution >= 0.6 is 0 Å². The number of hydrogen-bond donors (Lipinski definition) is 1. The number of benzene rings is 2. The minimum atomic E-state index is -0.960. The van der Waals surface area contributed by atoms with Crippen LogP contribution < -0.4 is 4.74 Å². The summed E-state index contributed by atoms with van der Waals surface area (Å²) in [5.41, 5.74) is 3.35. The molecular formula is C26H26N2O4. The van der Waals surface area contributed by atoms with E-state index in [1.54, 1.807) is 31.4 Å². The van der Waals surface area contributed by atoms with Crippen molar-refractivity contribution < 1.29 is 19.2 Å². The first kappa shape index (κ1) is 19.5. The molecule has 1 N–H and O–H groups in total.